The van der Waals surface area contributed by atoms with E-state index < -0.39 is 0 Å². The number of hydrogen-bond donors (Lipinski definition) is 0. The topological polar surface area (TPSA) is 25.6 Å². The van der Waals surface area contributed by atoms with Crippen LogP contribution in [-0.4, -0.2) is 0 Å². The summed E-state index contributed by atoms with van der Waals surface area (Å²) in [6, 6.07) is 55.0. The summed E-state index contributed by atoms with van der Waals surface area (Å²) >= 11 is 0. The molecule has 0 radical (unpaired) electrons. The summed E-state index contributed by atoms with van der Waals surface area (Å²) in [5.74, 6) is 1.58. The average Bonchev–Trinajstić information content (AvgIpc) is 3.54. The number of nitrogens with zero attached hydrogens (tertiary/aromatic N) is 1. The van der Waals surface area contributed by atoms with E-state index >= 15 is 0 Å². The van der Waals surface area contributed by atoms with Crippen molar-refractivity contribution in [1.82, 2.24) is 0 Å². The van der Waals surface area contributed by atoms with Gasteiger partial charge in [0.1, 0.15) is 22.7 Å². The average molecular weight is 630 g/mol. The molecule has 1 aromatic heterocycles. The van der Waals surface area contributed by atoms with E-state index in [-0.39, 0.29) is 0 Å². The highest BCUT2D eigenvalue weighted by atomic mass is 16.5. The quantitative estimate of drug-likeness (QED) is 0.189. The van der Waals surface area contributed by atoms with Gasteiger partial charge in [-0.15, -0.1) is 0 Å². The molecule has 7 aromatic carbocycles. The van der Waals surface area contributed by atoms with Crippen LogP contribution in [0.4, 0.5) is 17.1 Å². The smallest absolute Gasteiger partial charge is 0.143 e. The number of fused-ring (bicyclic) bond motifs is 5. The lowest BCUT2D eigenvalue weighted by Gasteiger charge is -2.26. The minimum absolute atomic E-state index is 0.782. The van der Waals surface area contributed by atoms with Crippen molar-refractivity contribution in [2.24, 2.45) is 0 Å². The molecule has 0 saturated heterocycles. The van der Waals surface area contributed by atoms with Crippen LogP contribution >= 0.6 is 0 Å². The van der Waals surface area contributed by atoms with Crippen molar-refractivity contribution in [2.75, 3.05) is 4.90 Å². The maximum Gasteiger partial charge on any atom is 0.143 e. The van der Waals surface area contributed by atoms with Crippen molar-refractivity contribution >= 4 is 61.1 Å². The van der Waals surface area contributed by atoms with Gasteiger partial charge in [-0.2, -0.15) is 0 Å². The van der Waals surface area contributed by atoms with Crippen molar-refractivity contribution in [2.45, 2.75) is 0 Å². The second-order valence-corrected chi connectivity index (χ2v) is 12.3. The summed E-state index contributed by atoms with van der Waals surface area (Å²) in [5.41, 5.74) is 10.1. The third kappa shape index (κ3) is 5.18. The van der Waals surface area contributed by atoms with E-state index in [1.807, 2.05) is 54.6 Å². The summed E-state index contributed by atoms with van der Waals surface area (Å²) in [6.45, 7) is 4.20. The SMILES string of the molecule is C=C1/C=C\C=C(\c2ccc(N(c3ccc(-c4cccc5c4oc4ccccc45)cc3)c3ccc4ccccc4c3)cc2)Oc2ccccc21. The van der Waals surface area contributed by atoms with Gasteiger partial charge in [-0.25, -0.2) is 0 Å². The highest BCUT2D eigenvalue weighted by molar-refractivity contribution is 6.09. The minimum atomic E-state index is 0.782. The first-order valence-electron chi connectivity index (χ1n) is 16.4. The Morgan fingerprint density at radius 3 is 2.00 bits per heavy atom. The fraction of sp³-hybridized carbons (Fsp3) is 0. The van der Waals surface area contributed by atoms with Gasteiger partial charge in [0.2, 0.25) is 0 Å². The fourth-order valence-corrected chi connectivity index (χ4v) is 6.77. The first kappa shape index (κ1) is 28.6. The fourth-order valence-electron chi connectivity index (χ4n) is 6.77. The van der Waals surface area contributed by atoms with Crippen LogP contribution in [0.2, 0.25) is 0 Å². The normalized spacial score (nSPS) is 14.4. The van der Waals surface area contributed by atoms with Crippen LogP contribution in [0.1, 0.15) is 11.1 Å². The molecule has 0 atom stereocenters. The van der Waals surface area contributed by atoms with E-state index in [0.29, 0.717) is 0 Å². The second-order valence-electron chi connectivity index (χ2n) is 12.3. The molecule has 232 valence electrons. The van der Waals surface area contributed by atoms with Crippen LogP contribution in [0.25, 0.3) is 55.2 Å². The van der Waals surface area contributed by atoms with E-state index in [1.54, 1.807) is 0 Å². The van der Waals surface area contributed by atoms with E-state index in [2.05, 4.69) is 133 Å². The molecule has 0 amide bonds. The maximum absolute atomic E-state index is 6.44. The third-order valence-electron chi connectivity index (χ3n) is 9.24. The monoisotopic (exact) mass is 629 g/mol. The molecule has 0 fully saturated rings. The molecule has 0 bridgehead atoms. The number of anilines is 3. The molecule has 0 unspecified atom stereocenters. The first-order chi connectivity index (χ1) is 24.2. The Kier molecular flexibility index (Phi) is 6.95. The zero-order valence-corrected chi connectivity index (χ0v) is 26.7. The molecule has 2 heterocycles. The predicted octanol–water partition coefficient (Wildman–Crippen LogP) is 12.9. The molecule has 3 heteroatoms. The van der Waals surface area contributed by atoms with E-state index in [4.69, 9.17) is 9.15 Å². The van der Waals surface area contributed by atoms with Crippen LogP contribution in [0.5, 0.6) is 5.75 Å². The summed E-state index contributed by atoms with van der Waals surface area (Å²) in [6.07, 6.45) is 6.02. The highest BCUT2D eigenvalue weighted by Crippen LogP contribution is 2.40. The number of para-hydroxylation sites is 3. The molecule has 1 aliphatic heterocycles. The summed E-state index contributed by atoms with van der Waals surface area (Å²) < 4.78 is 12.8. The summed E-state index contributed by atoms with van der Waals surface area (Å²) in [4.78, 5) is 2.30. The molecule has 8 aromatic rings. The minimum Gasteiger partial charge on any atom is -0.456 e. The lowest BCUT2D eigenvalue weighted by atomic mass is 10.0. The Labute approximate surface area is 284 Å². The molecule has 0 N–H and O–H groups in total. The van der Waals surface area contributed by atoms with Gasteiger partial charge in [0, 0.05) is 44.5 Å². The van der Waals surface area contributed by atoms with Gasteiger partial charge < -0.3 is 14.1 Å². The van der Waals surface area contributed by atoms with Gasteiger partial charge in [0.05, 0.1) is 0 Å². The molecule has 0 saturated carbocycles. The number of hydrogen-bond acceptors (Lipinski definition) is 3. The molecular formula is C46H31NO2. The Hall–Kier alpha value is -6.58. The maximum atomic E-state index is 6.44. The van der Waals surface area contributed by atoms with Crippen molar-refractivity contribution in [3.8, 4) is 16.9 Å². The number of ether oxygens (including phenoxy) is 1. The van der Waals surface area contributed by atoms with Crippen molar-refractivity contribution in [1.29, 1.82) is 0 Å². The van der Waals surface area contributed by atoms with Gasteiger partial charge >= 0.3 is 0 Å². The Morgan fingerprint density at radius 2 is 1.16 bits per heavy atom. The lowest BCUT2D eigenvalue weighted by molar-refractivity contribution is 0.513. The van der Waals surface area contributed by atoms with Gasteiger partial charge in [-0.05, 0) is 88.6 Å². The zero-order valence-electron chi connectivity index (χ0n) is 26.7. The Balaban J connectivity index is 1.11. The zero-order chi connectivity index (χ0) is 32.7. The molecule has 0 aliphatic carbocycles. The third-order valence-corrected chi connectivity index (χ3v) is 9.24. The van der Waals surface area contributed by atoms with E-state index in [9.17, 15) is 0 Å². The summed E-state index contributed by atoms with van der Waals surface area (Å²) in [5, 5.41) is 4.66. The highest BCUT2D eigenvalue weighted by Gasteiger charge is 2.17. The van der Waals surface area contributed by atoms with Crippen LogP contribution in [-0.2, 0) is 0 Å². The largest absolute Gasteiger partial charge is 0.456 e. The predicted molar refractivity (Wildman–Crippen MR) is 205 cm³/mol. The van der Waals surface area contributed by atoms with E-state index in [1.165, 1.54) is 10.8 Å². The van der Waals surface area contributed by atoms with E-state index in [0.717, 1.165) is 78.3 Å². The molecule has 49 heavy (non-hydrogen) atoms. The van der Waals surface area contributed by atoms with Gasteiger partial charge in [-0.1, -0.05) is 116 Å². The second kappa shape index (κ2) is 11.9. The van der Waals surface area contributed by atoms with Crippen LogP contribution in [0.15, 0.2) is 187 Å². The standard InChI is InChI=1S/C46H31NO2/c1-31-10-8-19-43(48-44-17-6-4-13-39(31)44)34-23-27-37(28-24-34)47(38-29-20-32-11-2-3-12-35(32)30-38)36-25-21-33(22-26-36)40-15-9-16-42-41-14-5-7-18-45(41)49-46(40)42/h2-30H,1H2/b10-8-,43-19-. The number of allylic oxidation sites excluding steroid dienone is 4. The van der Waals surface area contributed by atoms with Crippen molar-refractivity contribution in [3.05, 3.63) is 194 Å². The molecule has 0 spiro atoms. The number of furan rings is 1. The van der Waals surface area contributed by atoms with Gasteiger partial charge in [0.15, 0.2) is 0 Å². The van der Waals surface area contributed by atoms with Crippen LogP contribution in [0, 0.1) is 0 Å². The van der Waals surface area contributed by atoms with Crippen molar-refractivity contribution < 1.29 is 9.15 Å². The number of benzene rings is 7. The summed E-state index contributed by atoms with van der Waals surface area (Å²) in [7, 11) is 0. The first-order valence-corrected chi connectivity index (χ1v) is 16.4. The number of rotatable bonds is 5. The van der Waals surface area contributed by atoms with Crippen LogP contribution < -0.4 is 9.64 Å². The Bertz CT molecular complexity index is 2590. The Morgan fingerprint density at radius 1 is 0.510 bits per heavy atom. The molecule has 1 aliphatic rings. The molecular weight excluding hydrogens is 599 g/mol. The van der Waals surface area contributed by atoms with Crippen LogP contribution in [0.3, 0.4) is 0 Å². The molecule has 3 nitrogen and oxygen atoms in total. The van der Waals surface area contributed by atoms with Gasteiger partial charge in [-0.3, -0.25) is 0 Å². The lowest BCUT2D eigenvalue weighted by Crippen LogP contribution is -2.10. The molecule has 9 rings (SSSR count). The van der Waals surface area contributed by atoms with Gasteiger partial charge in [0.25, 0.3) is 0 Å². The van der Waals surface area contributed by atoms with Crippen molar-refractivity contribution in [3.63, 3.8) is 0 Å².